The van der Waals surface area contributed by atoms with Gasteiger partial charge in [0.2, 0.25) is 0 Å². The maximum atomic E-state index is 11.5. The highest BCUT2D eigenvalue weighted by molar-refractivity contribution is 5.72. The SMILES string of the molecule is CCCCC(=O)Oc1cccc(C(C)(C)C)c1. The summed E-state index contributed by atoms with van der Waals surface area (Å²) in [5.74, 6) is 0.511. The van der Waals surface area contributed by atoms with Crippen molar-refractivity contribution in [3.8, 4) is 5.75 Å². The third-order valence-electron chi connectivity index (χ3n) is 2.67. The summed E-state index contributed by atoms with van der Waals surface area (Å²) in [6.45, 7) is 8.49. The lowest BCUT2D eigenvalue weighted by Gasteiger charge is -2.19. The van der Waals surface area contributed by atoms with E-state index in [9.17, 15) is 4.79 Å². The molecule has 0 aliphatic carbocycles. The number of carbonyl (C=O) groups excluding carboxylic acids is 1. The van der Waals surface area contributed by atoms with E-state index in [2.05, 4.69) is 33.8 Å². The highest BCUT2D eigenvalue weighted by Crippen LogP contribution is 2.25. The molecule has 2 nitrogen and oxygen atoms in total. The first-order valence-electron chi connectivity index (χ1n) is 6.24. The van der Waals surface area contributed by atoms with E-state index in [1.807, 2.05) is 18.2 Å². The zero-order valence-corrected chi connectivity index (χ0v) is 11.2. The Bertz CT molecular complexity index is 375. The summed E-state index contributed by atoms with van der Waals surface area (Å²) in [5, 5.41) is 0. The molecule has 0 aliphatic rings. The molecule has 0 amide bonds. The quantitative estimate of drug-likeness (QED) is 0.579. The van der Waals surface area contributed by atoms with Crippen LogP contribution >= 0.6 is 0 Å². The van der Waals surface area contributed by atoms with Gasteiger partial charge in [0.05, 0.1) is 0 Å². The molecule has 1 aromatic rings. The number of esters is 1. The molecule has 94 valence electrons. The summed E-state index contributed by atoms with van der Waals surface area (Å²) in [7, 11) is 0. The highest BCUT2D eigenvalue weighted by atomic mass is 16.5. The van der Waals surface area contributed by atoms with Crippen molar-refractivity contribution in [2.75, 3.05) is 0 Å². The smallest absolute Gasteiger partial charge is 0.311 e. The molecule has 0 atom stereocenters. The van der Waals surface area contributed by atoms with E-state index in [1.165, 1.54) is 5.56 Å². The molecular formula is C15H22O2. The predicted molar refractivity (Wildman–Crippen MR) is 70.3 cm³/mol. The van der Waals surface area contributed by atoms with Gasteiger partial charge in [0, 0.05) is 6.42 Å². The average molecular weight is 234 g/mol. The molecule has 0 saturated heterocycles. The molecular weight excluding hydrogens is 212 g/mol. The monoisotopic (exact) mass is 234 g/mol. The van der Waals surface area contributed by atoms with Gasteiger partial charge in [0.15, 0.2) is 0 Å². The maximum Gasteiger partial charge on any atom is 0.311 e. The predicted octanol–water partition coefficient (Wildman–Crippen LogP) is 4.08. The van der Waals surface area contributed by atoms with Crippen LogP contribution in [0.4, 0.5) is 0 Å². The van der Waals surface area contributed by atoms with Crippen LogP contribution in [0.25, 0.3) is 0 Å². The van der Waals surface area contributed by atoms with E-state index in [4.69, 9.17) is 4.74 Å². The van der Waals surface area contributed by atoms with E-state index >= 15 is 0 Å². The van der Waals surface area contributed by atoms with Gasteiger partial charge in [-0.25, -0.2) is 0 Å². The number of carbonyl (C=O) groups is 1. The van der Waals surface area contributed by atoms with Gasteiger partial charge in [-0.3, -0.25) is 4.79 Å². The average Bonchev–Trinajstić information content (AvgIpc) is 2.25. The molecule has 17 heavy (non-hydrogen) atoms. The molecule has 0 aromatic heterocycles. The Hall–Kier alpha value is -1.31. The molecule has 1 aromatic carbocycles. The van der Waals surface area contributed by atoms with Crippen molar-refractivity contribution in [3.63, 3.8) is 0 Å². The topological polar surface area (TPSA) is 26.3 Å². The lowest BCUT2D eigenvalue weighted by molar-refractivity contribution is -0.134. The molecule has 0 unspecified atom stereocenters. The molecule has 0 bridgehead atoms. The first-order valence-corrected chi connectivity index (χ1v) is 6.24. The van der Waals surface area contributed by atoms with Crippen LogP contribution in [0.5, 0.6) is 5.75 Å². The van der Waals surface area contributed by atoms with Gasteiger partial charge in [-0.2, -0.15) is 0 Å². The van der Waals surface area contributed by atoms with Gasteiger partial charge in [-0.15, -0.1) is 0 Å². The van der Waals surface area contributed by atoms with Crippen molar-refractivity contribution in [2.45, 2.75) is 52.4 Å². The summed E-state index contributed by atoms with van der Waals surface area (Å²) in [6.07, 6.45) is 2.39. The van der Waals surface area contributed by atoms with E-state index in [0.29, 0.717) is 12.2 Å². The van der Waals surface area contributed by atoms with E-state index in [-0.39, 0.29) is 11.4 Å². The normalized spacial score (nSPS) is 11.3. The highest BCUT2D eigenvalue weighted by Gasteiger charge is 2.14. The summed E-state index contributed by atoms with van der Waals surface area (Å²) in [6, 6.07) is 7.77. The van der Waals surface area contributed by atoms with E-state index in [0.717, 1.165) is 12.8 Å². The molecule has 0 heterocycles. The minimum Gasteiger partial charge on any atom is -0.427 e. The maximum absolute atomic E-state index is 11.5. The van der Waals surface area contributed by atoms with Crippen molar-refractivity contribution in [2.24, 2.45) is 0 Å². The van der Waals surface area contributed by atoms with Crippen LogP contribution in [0.15, 0.2) is 24.3 Å². The number of unbranched alkanes of at least 4 members (excludes halogenated alkanes) is 1. The van der Waals surface area contributed by atoms with Gasteiger partial charge in [0.1, 0.15) is 5.75 Å². The van der Waals surface area contributed by atoms with Crippen LogP contribution in [0.2, 0.25) is 0 Å². The zero-order valence-electron chi connectivity index (χ0n) is 11.2. The Morgan fingerprint density at radius 3 is 2.59 bits per heavy atom. The van der Waals surface area contributed by atoms with Crippen LogP contribution < -0.4 is 4.74 Å². The van der Waals surface area contributed by atoms with Crippen molar-refractivity contribution in [1.29, 1.82) is 0 Å². The van der Waals surface area contributed by atoms with Gasteiger partial charge in [-0.05, 0) is 29.5 Å². The fraction of sp³-hybridized carbons (Fsp3) is 0.533. The molecule has 0 N–H and O–H groups in total. The second-order valence-electron chi connectivity index (χ2n) is 5.36. The first-order chi connectivity index (χ1) is 7.93. The molecule has 1 rings (SSSR count). The molecule has 0 saturated carbocycles. The van der Waals surface area contributed by atoms with Crippen molar-refractivity contribution in [1.82, 2.24) is 0 Å². The van der Waals surface area contributed by atoms with Gasteiger partial charge in [0.25, 0.3) is 0 Å². The summed E-state index contributed by atoms with van der Waals surface area (Å²) in [4.78, 5) is 11.5. The van der Waals surface area contributed by atoms with E-state index in [1.54, 1.807) is 0 Å². The number of rotatable bonds is 4. The summed E-state index contributed by atoms with van der Waals surface area (Å²) < 4.78 is 5.31. The largest absolute Gasteiger partial charge is 0.427 e. The number of hydrogen-bond donors (Lipinski definition) is 0. The Morgan fingerprint density at radius 1 is 1.29 bits per heavy atom. The van der Waals surface area contributed by atoms with Gasteiger partial charge in [-0.1, -0.05) is 46.2 Å². The number of benzene rings is 1. The molecule has 0 fully saturated rings. The molecule has 0 aliphatic heterocycles. The number of ether oxygens (including phenoxy) is 1. The lowest BCUT2D eigenvalue weighted by atomic mass is 9.87. The second-order valence-corrected chi connectivity index (χ2v) is 5.36. The van der Waals surface area contributed by atoms with Gasteiger partial charge >= 0.3 is 5.97 Å². The van der Waals surface area contributed by atoms with Crippen LogP contribution in [0.3, 0.4) is 0 Å². The fourth-order valence-corrected chi connectivity index (χ4v) is 1.53. The minimum absolute atomic E-state index is 0.0752. The zero-order chi connectivity index (χ0) is 12.9. The second kappa shape index (κ2) is 5.85. The standard InChI is InChI=1S/C15H22O2/c1-5-6-10-14(16)17-13-9-7-8-12(11-13)15(2,3)4/h7-9,11H,5-6,10H2,1-4H3. The fourth-order valence-electron chi connectivity index (χ4n) is 1.53. The van der Waals surface area contributed by atoms with Crippen molar-refractivity contribution >= 4 is 5.97 Å². The van der Waals surface area contributed by atoms with Crippen molar-refractivity contribution in [3.05, 3.63) is 29.8 Å². The summed E-state index contributed by atoms with van der Waals surface area (Å²) in [5.41, 5.74) is 1.25. The molecule has 0 spiro atoms. The van der Waals surface area contributed by atoms with Crippen molar-refractivity contribution < 1.29 is 9.53 Å². The van der Waals surface area contributed by atoms with Crippen LogP contribution in [0.1, 0.15) is 52.5 Å². The van der Waals surface area contributed by atoms with E-state index < -0.39 is 0 Å². The molecule has 2 heteroatoms. The Morgan fingerprint density at radius 2 is 2.00 bits per heavy atom. The molecule has 0 radical (unpaired) electrons. The third-order valence-corrected chi connectivity index (χ3v) is 2.67. The first kappa shape index (κ1) is 13.8. The number of hydrogen-bond acceptors (Lipinski definition) is 2. The Labute approximate surface area is 104 Å². The van der Waals surface area contributed by atoms with Gasteiger partial charge < -0.3 is 4.74 Å². The Balaban J connectivity index is 2.69. The third kappa shape index (κ3) is 4.59. The van der Waals surface area contributed by atoms with Crippen LogP contribution in [-0.4, -0.2) is 5.97 Å². The summed E-state index contributed by atoms with van der Waals surface area (Å²) >= 11 is 0. The lowest BCUT2D eigenvalue weighted by Crippen LogP contribution is -2.12. The van der Waals surface area contributed by atoms with Crippen LogP contribution in [0, 0.1) is 0 Å². The Kier molecular flexibility index (Phi) is 4.73. The van der Waals surface area contributed by atoms with Crippen LogP contribution in [-0.2, 0) is 10.2 Å². The minimum atomic E-state index is -0.141.